The van der Waals surface area contributed by atoms with Gasteiger partial charge in [-0.25, -0.2) is 4.79 Å². The number of rotatable bonds is 19. The lowest BCUT2D eigenvalue weighted by atomic mass is 10.1. The fourth-order valence-electron chi connectivity index (χ4n) is 3.18. The molecule has 1 saturated heterocycles. The van der Waals surface area contributed by atoms with Crippen LogP contribution in [-0.2, 0) is 30.3 Å². The van der Waals surface area contributed by atoms with E-state index in [2.05, 4.69) is 16.0 Å². The molecule has 11 nitrogen and oxygen atoms in total. The van der Waals surface area contributed by atoms with E-state index in [1.807, 2.05) is 31.2 Å². The molecule has 0 spiro atoms. The van der Waals surface area contributed by atoms with E-state index in [4.69, 9.17) is 29.4 Å². The first-order chi connectivity index (χ1) is 17.5. The molecular weight excluding hydrogens is 488 g/mol. The molecule has 3 amide bonds. The van der Waals surface area contributed by atoms with Crippen molar-refractivity contribution in [1.29, 1.82) is 0 Å². The van der Waals surface area contributed by atoms with Gasteiger partial charge in [-0.3, -0.25) is 4.79 Å². The van der Waals surface area contributed by atoms with Gasteiger partial charge in [-0.2, -0.15) is 0 Å². The monoisotopic (exact) mass is 528 g/mol. The van der Waals surface area contributed by atoms with Crippen molar-refractivity contribution in [3.8, 4) is 5.75 Å². The Morgan fingerprint density at radius 3 is 2.28 bits per heavy atom. The Morgan fingerprint density at radius 1 is 1.06 bits per heavy atom. The van der Waals surface area contributed by atoms with Crippen molar-refractivity contribution in [2.75, 3.05) is 73.1 Å². The van der Waals surface area contributed by atoms with Gasteiger partial charge in [0.25, 0.3) is 0 Å². The van der Waals surface area contributed by atoms with Crippen LogP contribution in [0.5, 0.6) is 5.75 Å². The summed E-state index contributed by atoms with van der Waals surface area (Å²) in [7, 11) is 1.61. The molecule has 1 heterocycles. The number of nitrogens with one attached hydrogen (secondary N) is 3. The van der Waals surface area contributed by atoms with Gasteiger partial charge in [-0.1, -0.05) is 19.1 Å². The minimum absolute atomic E-state index is 0.151. The van der Waals surface area contributed by atoms with Crippen LogP contribution in [0.2, 0.25) is 0 Å². The summed E-state index contributed by atoms with van der Waals surface area (Å²) in [5, 5.41) is 7.95. The van der Waals surface area contributed by atoms with Crippen molar-refractivity contribution in [2.24, 2.45) is 11.7 Å². The van der Waals surface area contributed by atoms with Crippen LogP contribution in [0.25, 0.3) is 0 Å². The quantitative estimate of drug-likeness (QED) is 0.191. The van der Waals surface area contributed by atoms with Gasteiger partial charge >= 0.3 is 6.03 Å². The molecule has 0 aromatic heterocycles. The van der Waals surface area contributed by atoms with Crippen molar-refractivity contribution in [1.82, 2.24) is 16.0 Å². The molecule has 3 atom stereocenters. The largest absolute Gasteiger partial charge is 0.497 e. The third-order valence-electron chi connectivity index (χ3n) is 5.25. The number of hydrogen-bond acceptors (Lipinski definition) is 9. The number of thioether (sulfide) groups is 1. The standard InChI is InChI=1S/C24H40N4O7S/c1-18-15-27-24(30)28-23(18)36-21(22(29)26-16-19-3-5-20(31-2)6-4-19)17-35-14-13-34-12-11-33-10-9-32-8-7-25/h3-6,18,21,23H,7-17,25H2,1-2H3,(H,26,29)(H2,27,28,30). The van der Waals surface area contributed by atoms with Gasteiger partial charge in [0.1, 0.15) is 11.0 Å². The van der Waals surface area contributed by atoms with E-state index in [9.17, 15) is 9.59 Å². The highest BCUT2D eigenvalue weighted by Crippen LogP contribution is 2.25. The molecule has 1 fully saturated rings. The van der Waals surface area contributed by atoms with E-state index in [1.165, 1.54) is 11.8 Å². The van der Waals surface area contributed by atoms with Crippen molar-refractivity contribution < 1.29 is 33.3 Å². The second kappa shape index (κ2) is 18.2. The molecule has 0 saturated carbocycles. The number of ether oxygens (including phenoxy) is 5. The summed E-state index contributed by atoms with van der Waals surface area (Å²) >= 11 is 1.40. The number of benzene rings is 1. The molecule has 5 N–H and O–H groups in total. The summed E-state index contributed by atoms with van der Waals surface area (Å²) in [6, 6.07) is 7.28. The Kier molecular flexibility index (Phi) is 15.2. The van der Waals surface area contributed by atoms with Crippen LogP contribution < -0.4 is 26.4 Å². The zero-order valence-electron chi connectivity index (χ0n) is 21.2. The number of carbonyl (C=O) groups is 2. The first-order valence-corrected chi connectivity index (χ1v) is 13.1. The van der Waals surface area contributed by atoms with E-state index < -0.39 is 5.25 Å². The minimum Gasteiger partial charge on any atom is -0.497 e. The molecule has 1 aliphatic heterocycles. The zero-order valence-corrected chi connectivity index (χ0v) is 22.0. The second-order valence-corrected chi connectivity index (χ2v) is 9.49. The lowest BCUT2D eigenvalue weighted by molar-refractivity contribution is -0.121. The molecule has 204 valence electrons. The summed E-state index contributed by atoms with van der Waals surface area (Å²) in [6.45, 7) is 6.83. The SMILES string of the molecule is COc1ccc(CNC(=O)C(COCCOCCOCCOCCN)SC2NC(=O)NCC2C)cc1. The van der Waals surface area contributed by atoms with E-state index >= 15 is 0 Å². The van der Waals surface area contributed by atoms with Crippen LogP contribution in [-0.4, -0.2) is 95.6 Å². The molecule has 0 bridgehead atoms. The number of urea groups is 1. The topological polar surface area (TPSA) is 142 Å². The van der Waals surface area contributed by atoms with Gasteiger partial charge in [0.2, 0.25) is 5.91 Å². The van der Waals surface area contributed by atoms with Gasteiger partial charge < -0.3 is 45.4 Å². The Labute approximate surface area is 217 Å². The van der Waals surface area contributed by atoms with Crippen LogP contribution >= 0.6 is 11.8 Å². The molecule has 0 aliphatic carbocycles. The zero-order chi connectivity index (χ0) is 26.0. The summed E-state index contributed by atoms with van der Waals surface area (Å²) < 4.78 is 27.1. The minimum atomic E-state index is -0.494. The predicted molar refractivity (Wildman–Crippen MR) is 138 cm³/mol. The number of hydrogen-bond donors (Lipinski definition) is 4. The third kappa shape index (κ3) is 12.2. The average molecular weight is 529 g/mol. The lowest BCUT2D eigenvalue weighted by Crippen LogP contribution is -2.54. The molecule has 1 aromatic rings. The van der Waals surface area contributed by atoms with Gasteiger partial charge in [0.15, 0.2) is 0 Å². The summed E-state index contributed by atoms with van der Waals surface area (Å²) in [4.78, 5) is 24.8. The van der Waals surface area contributed by atoms with Crippen LogP contribution in [0.1, 0.15) is 12.5 Å². The van der Waals surface area contributed by atoms with E-state index in [1.54, 1.807) is 7.11 Å². The highest BCUT2D eigenvalue weighted by molar-refractivity contribution is 8.01. The Balaban J connectivity index is 1.73. The van der Waals surface area contributed by atoms with Crippen LogP contribution in [0, 0.1) is 5.92 Å². The van der Waals surface area contributed by atoms with Crippen molar-refractivity contribution in [3.63, 3.8) is 0 Å². The fourth-order valence-corrected chi connectivity index (χ4v) is 4.46. The van der Waals surface area contributed by atoms with Gasteiger partial charge in [0.05, 0.1) is 65.3 Å². The van der Waals surface area contributed by atoms with Crippen molar-refractivity contribution in [3.05, 3.63) is 29.8 Å². The lowest BCUT2D eigenvalue weighted by Gasteiger charge is -2.32. The maximum atomic E-state index is 13.0. The molecule has 12 heteroatoms. The number of amides is 3. The van der Waals surface area contributed by atoms with E-state index in [0.717, 1.165) is 11.3 Å². The second-order valence-electron chi connectivity index (χ2n) is 8.14. The normalized spacial score (nSPS) is 18.2. The summed E-state index contributed by atoms with van der Waals surface area (Å²) in [5.41, 5.74) is 6.30. The first kappa shape index (κ1) is 30.1. The average Bonchev–Trinajstić information content (AvgIpc) is 2.89. The van der Waals surface area contributed by atoms with E-state index in [-0.39, 0.29) is 29.8 Å². The van der Waals surface area contributed by atoms with Crippen LogP contribution in [0.4, 0.5) is 4.79 Å². The van der Waals surface area contributed by atoms with Crippen molar-refractivity contribution >= 4 is 23.7 Å². The van der Waals surface area contributed by atoms with Crippen molar-refractivity contribution in [2.45, 2.75) is 24.1 Å². The Morgan fingerprint density at radius 2 is 1.67 bits per heavy atom. The number of methoxy groups -OCH3 is 1. The van der Waals surface area contributed by atoms with Crippen LogP contribution in [0.3, 0.4) is 0 Å². The Bertz CT molecular complexity index is 756. The Hall–Kier alpha value is -2.09. The van der Waals surface area contributed by atoms with Gasteiger partial charge in [0, 0.05) is 25.6 Å². The molecule has 1 aliphatic rings. The first-order valence-electron chi connectivity index (χ1n) is 12.1. The molecule has 1 aromatic carbocycles. The number of carbonyl (C=O) groups excluding carboxylic acids is 2. The summed E-state index contributed by atoms with van der Waals surface area (Å²) in [5.74, 6) is 0.767. The molecule has 36 heavy (non-hydrogen) atoms. The molecule has 0 radical (unpaired) electrons. The maximum Gasteiger partial charge on any atom is 0.315 e. The third-order valence-corrected chi connectivity index (χ3v) is 6.81. The smallest absolute Gasteiger partial charge is 0.315 e. The predicted octanol–water partition coefficient (Wildman–Crippen LogP) is 0.713. The molecular formula is C24H40N4O7S. The summed E-state index contributed by atoms with van der Waals surface area (Å²) in [6.07, 6.45) is 0. The van der Waals surface area contributed by atoms with Crippen LogP contribution in [0.15, 0.2) is 24.3 Å². The van der Waals surface area contributed by atoms with Gasteiger partial charge in [-0.05, 0) is 17.7 Å². The fraction of sp³-hybridized carbons (Fsp3) is 0.667. The highest BCUT2D eigenvalue weighted by atomic mass is 32.2. The molecule has 2 rings (SSSR count). The highest BCUT2D eigenvalue weighted by Gasteiger charge is 2.31. The van der Waals surface area contributed by atoms with E-state index in [0.29, 0.717) is 65.9 Å². The molecule has 3 unspecified atom stereocenters. The van der Waals surface area contributed by atoms with Gasteiger partial charge in [-0.15, -0.1) is 11.8 Å². The maximum absolute atomic E-state index is 13.0. The number of nitrogens with two attached hydrogens (primary N) is 1.